The van der Waals surface area contributed by atoms with Crippen molar-refractivity contribution >= 4 is 17.0 Å². The van der Waals surface area contributed by atoms with Crippen LogP contribution in [-0.4, -0.2) is 45.2 Å². The summed E-state index contributed by atoms with van der Waals surface area (Å²) < 4.78 is 0. The third-order valence-electron chi connectivity index (χ3n) is 2.55. The summed E-state index contributed by atoms with van der Waals surface area (Å²) in [6, 6.07) is 0. The number of anilines is 1. The molecule has 0 unspecified atom stereocenters. The Morgan fingerprint density at radius 1 is 1.59 bits per heavy atom. The lowest BCUT2D eigenvalue weighted by Gasteiger charge is -2.13. The summed E-state index contributed by atoms with van der Waals surface area (Å²) in [6.07, 6.45) is 1.74. The first-order valence-electron chi connectivity index (χ1n) is 5.27. The highest BCUT2D eigenvalue weighted by molar-refractivity contribution is 5.78. The number of aromatic nitrogens is 3. The Morgan fingerprint density at radius 3 is 3.06 bits per heavy atom. The van der Waals surface area contributed by atoms with E-state index in [1.54, 1.807) is 6.20 Å². The van der Waals surface area contributed by atoms with Gasteiger partial charge in [-0.3, -0.25) is 14.7 Å². The minimum atomic E-state index is -0.274. The first kappa shape index (κ1) is 11.6. The second kappa shape index (κ2) is 4.56. The quantitative estimate of drug-likeness (QED) is 0.559. The summed E-state index contributed by atoms with van der Waals surface area (Å²) in [6.45, 7) is 1.25. The van der Waals surface area contributed by atoms with Gasteiger partial charge in [0.15, 0.2) is 0 Å². The summed E-state index contributed by atoms with van der Waals surface area (Å²) in [5.41, 5.74) is 7.12. The first-order chi connectivity index (χ1) is 8.11. The van der Waals surface area contributed by atoms with E-state index in [-0.39, 0.29) is 18.1 Å². The molecule has 0 bridgehead atoms. The lowest BCUT2D eigenvalue weighted by molar-refractivity contribution is 0.217. The predicted molar refractivity (Wildman–Crippen MR) is 64.5 cm³/mol. The summed E-state index contributed by atoms with van der Waals surface area (Å²) in [4.78, 5) is 22.9. The maximum absolute atomic E-state index is 11.6. The molecular formula is C10H15N5O2. The van der Waals surface area contributed by atoms with E-state index in [4.69, 9.17) is 10.8 Å². The molecule has 2 aromatic heterocycles. The van der Waals surface area contributed by atoms with Crippen molar-refractivity contribution in [1.29, 1.82) is 0 Å². The fourth-order valence-electron chi connectivity index (χ4n) is 1.75. The number of likely N-dealkylation sites (N-methyl/N-ethyl adjacent to an activating group) is 1. The SMILES string of the molecule is CN(CCO)Cc1c[nH]c2c(=O)[nH]c(N)nc12. The number of nitrogens with two attached hydrogens (primary N) is 1. The van der Waals surface area contributed by atoms with Crippen LogP contribution in [0.25, 0.3) is 11.0 Å². The van der Waals surface area contributed by atoms with Crippen molar-refractivity contribution in [2.24, 2.45) is 0 Å². The zero-order chi connectivity index (χ0) is 12.4. The van der Waals surface area contributed by atoms with E-state index in [2.05, 4.69) is 15.0 Å². The molecule has 0 saturated heterocycles. The Hall–Kier alpha value is -1.86. The number of nitrogens with zero attached hydrogens (tertiary/aromatic N) is 2. The van der Waals surface area contributed by atoms with Gasteiger partial charge in [-0.15, -0.1) is 0 Å². The predicted octanol–water partition coefficient (Wildman–Crippen LogP) is -0.742. The molecule has 0 aliphatic heterocycles. The van der Waals surface area contributed by atoms with Crippen molar-refractivity contribution in [2.75, 3.05) is 25.9 Å². The number of fused-ring (bicyclic) bond motifs is 1. The summed E-state index contributed by atoms with van der Waals surface area (Å²) >= 11 is 0. The molecule has 0 aromatic carbocycles. The molecule has 2 aromatic rings. The van der Waals surface area contributed by atoms with Gasteiger partial charge in [0.1, 0.15) is 11.0 Å². The summed E-state index contributed by atoms with van der Waals surface area (Å²) in [5, 5.41) is 8.83. The Bertz CT molecular complexity index is 574. The molecule has 0 spiro atoms. The van der Waals surface area contributed by atoms with Crippen molar-refractivity contribution in [2.45, 2.75) is 6.54 Å². The van der Waals surface area contributed by atoms with Crippen LogP contribution in [0.5, 0.6) is 0 Å². The van der Waals surface area contributed by atoms with Crippen LogP contribution in [0.4, 0.5) is 5.95 Å². The third kappa shape index (κ3) is 2.29. The number of aromatic amines is 2. The Kier molecular flexibility index (Phi) is 3.12. The third-order valence-corrected chi connectivity index (χ3v) is 2.55. The van der Waals surface area contributed by atoms with Crippen LogP contribution >= 0.6 is 0 Å². The minimum Gasteiger partial charge on any atom is -0.395 e. The van der Waals surface area contributed by atoms with E-state index in [1.807, 2.05) is 11.9 Å². The molecule has 17 heavy (non-hydrogen) atoms. The van der Waals surface area contributed by atoms with E-state index in [1.165, 1.54) is 0 Å². The molecular weight excluding hydrogens is 222 g/mol. The van der Waals surface area contributed by atoms with Crippen LogP contribution in [0.1, 0.15) is 5.56 Å². The molecule has 2 heterocycles. The Morgan fingerprint density at radius 2 is 2.35 bits per heavy atom. The van der Waals surface area contributed by atoms with Crippen molar-refractivity contribution in [3.8, 4) is 0 Å². The van der Waals surface area contributed by atoms with Crippen LogP contribution in [0.2, 0.25) is 0 Å². The van der Waals surface area contributed by atoms with E-state index in [0.29, 0.717) is 24.1 Å². The zero-order valence-corrected chi connectivity index (χ0v) is 9.53. The Labute approximate surface area is 97.3 Å². The van der Waals surface area contributed by atoms with Gasteiger partial charge in [-0.25, -0.2) is 4.98 Å². The van der Waals surface area contributed by atoms with Gasteiger partial charge in [0.25, 0.3) is 5.56 Å². The average Bonchev–Trinajstić information content (AvgIpc) is 2.62. The molecule has 0 aliphatic rings. The van der Waals surface area contributed by atoms with E-state index >= 15 is 0 Å². The largest absolute Gasteiger partial charge is 0.395 e. The molecule has 0 fully saturated rings. The van der Waals surface area contributed by atoms with Gasteiger partial charge in [-0.05, 0) is 7.05 Å². The molecule has 2 rings (SSSR count). The van der Waals surface area contributed by atoms with Crippen molar-refractivity contribution in [1.82, 2.24) is 19.9 Å². The number of H-pyrrole nitrogens is 2. The summed E-state index contributed by atoms with van der Waals surface area (Å²) in [7, 11) is 1.88. The van der Waals surface area contributed by atoms with Gasteiger partial charge in [0.2, 0.25) is 5.95 Å². The molecule has 0 aliphatic carbocycles. The van der Waals surface area contributed by atoms with Gasteiger partial charge < -0.3 is 15.8 Å². The summed E-state index contributed by atoms with van der Waals surface area (Å²) in [5.74, 6) is 0.105. The average molecular weight is 237 g/mol. The van der Waals surface area contributed by atoms with Crippen LogP contribution < -0.4 is 11.3 Å². The van der Waals surface area contributed by atoms with Gasteiger partial charge in [0.05, 0.1) is 6.61 Å². The highest BCUT2D eigenvalue weighted by Gasteiger charge is 2.10. The number of rotatable bonds is 4. The van der Waals surface area contributed by atoms with Crippen LogP contribution in [0.3, 0.4) is 0 Å². The standard InChI is InChI=1S/C10H15N5O2/c1-15(2-3-16)5-6-4-12-8-7(6)13-10(11)14-9(8)17/h4,12,16H,2-3,5H2,1H3,(H3,11,13,14,17). The van der Waals surface area contributed by atoms with Gasteiger partial charge >= 0.3 is 0 Å². The fraction of sp³-hybridized carbons (Fsp3) is 0.400. The second-order valence-corrected chi connectivity index (χ2v) is 3.95. The number of hydrogen-bond acceptors (Lipinski definition) is 5. The molecule has 5 N–H and O–H groups in total. The van der Waals surface area contributed by atoms with Crippen molar-refractivity contribution < 1.29 is 5.11 Å². The fourth-order valence-corrected chi connectivity index (χ4v) is 1.75. The zero-order valence-electron chi connectivity index (χ0n) is 9.53. The highest BCUT2D eigenvalue weighted by Crippen LogP contribution is 2.14. The number of nitrogens with one attached hydrogen (secondary N) is 2. The second-order valence-electron chi connectivity index (χ2n) is 3.95. The highest BCUT2D eigenvalue weighted by atomic mass is 16.3. The van der Waals surface area contributed by atoms with E-state index in [9.17, 15) is 4.79 Å². The topological polar surface area (TPSA) is 111 Å². The van der Waals surface area contributed by atoms with Gasteiger partial charge in [-0.2, -0.15) is 0 Å². The lowest BCUT2D eigenvalue weighted by Crippen LogP contribution is -2.21. The number of nitrogen functional groups attached to an aromatic ring is 1. The van der Waals surface area contributed by atoms with E-state index in [0.717, 1.165) is 5.56 Å². The molecule has 0 amide bonds. The van der Waals surface area contributed by atoms with Crippen LogP contribution in [-0.2, 0) is 6.54 Å². The maximum Gasteiger partial charge on any atom is 0.276 e. The number of aliphatic hydroxyl groups is 1. The van der Waals surface area contributed by atoms with Gasteiger partial charge in [0, 0.05) is 24.8 Å². The molecule has 0 atom stereocenters. The molecule has 0 radical (unpaired) electrons. The van der Waals surface area contributed by atoms with E-state index < -0.39 is 0 Å². The first-order valence-corrected chi connectivity index (χ1v) is 5.27. The van der Waals surface area contributed by atoms with Crippen LogP contribution in [0, 0.1) is 0 Å². The number of aliphatic hydroxyl groups excluding tert-OH is 1. The molecule has 92 valence electrons. The molecule has 7 nitrogen and oxygen atoms in total. The van der Waals surface area contributed by atoms with Crippen LogP contribution in [0.15, 0.2) is 11.0 Å². The molecule has 7 heteroatoms. The Balaban J connectivity index is 2.39. The maximum atomic E-state index is 11.6. The normalized spacial score (nSPS) is 11.5. The lowest BCUT2D eigenvalue weighted by atomic mass is 10.2. The van der Waals surface area contributed by atoms with Crippen molar-refractivity contribution in [3.05, 3.63) is 22.1 Å². The number of hydrogen-bond donors (Lipinski definition) is 4. The monoisotopic (exact) mass is 237 g/mol. The molecule has 0 saturated carbocycles. The smallest absolute Gasteiger partial charge is 0.276 e. The van der Waals surface area contributed by atoms with Gasteiger partial charge in [-0.1, -0.05) is 0 Å². The minimum absolute atomic E-state index is 0.0923. The van der Waals surface area contributed by atoms with Crippen molar-refractivity contribution in [3.63, 3.8) is 0 Å².